The number of carbonyl (C=O) groups excluding carboxylic acids is 2. The number of nitrogens with zero attached hydrogens (tertiary/aromatic N) is 4. The monoisotopic (exact) mass is 570 g/mol. The summed E-state index contributed by atoms with van der Waals surface area (Å²) in [5.74, 6) is -2.62. The molecule has 4 rings (SSSR count). The quantitative estimate of drug-likeness (QED) is 0.540. The maximum absolute atomic E-state index is 13.2. The van der Waals surface area contributed by atoms with Gasteiger partial charge in [-0.1, -0.05) is 31.9 Å². The number of likely N-dealkylation sites (N-methyl/N-ethyl adjacent to an activating group) is 1. The van der Waals surface area contributed by atoms with Crippen LogP contribution in [0.4, 0.5) is 23.7 Å². The number of hydrogen-bond acceptors (Lipinski definition) is 6. The second kappa shape index (κ2) is 13.1. The number of ether oxygens (including phenoxy) is 1. The molecule has 0 aliphatic carbocycles. The van der Waals surface area contributed by atoms with Crippen molar-refractivity contribution in [3.8, 4) is 0 Å². The number of carboxylic acid groups (broad SMARTS) is 1. The van der Waals surface area contributed by atoms with Crippen LogP contribution >= 0.6 is 0 Å². The number of carboxylic acids is 1. The lowest BCUT2D eigenvalue weighted by atomic mass is 9.81. The molecule has 0 bridgehead atoms. The molecule has 9 nitrogen and oxygen atoms in total. The van der Waals surface area contributed by atoms with Crippen LogP contribution in [-0.2, 0) is 9.53 Å². The van der Waals surface area contributed by atoms with Gasteiger partial charge in [0.25, 0.3) is 5.91 Å². The van der Waals surface area contributed by atoms with Crippen molar-refractivity contribution in [3.63, 3.8) is 0 Å². The van der Waals surface area contributed by atoms with E-state index in [0.717, 1.165) is 82.4 Å². The van der Waals surface area contributed by atoms with E-state index >= 15 is 0 Å². The molecule has 1 aromatic carbocycles. The molecule has 1 atom stereocenters. The summed E-state index contributed by atoms with van der Waals surface area (Å²) < 4.78 is 37.7. The highest BCUT2D eigenvalue weighted by Gasteiger charge is 2.53. The highest BCUT2D eigenvalue weighted by Crippen LogP contribution is 2.41. The number of benzene rings is 1. The summed E-state index contributed by atoms with van der Waals surface area (Å²) in [5, 5.41) is 7.12. The molecular weight excluding hydrogens is 529 g/mol. The molecule has 12 heteroatoms. The number of unbranched alkanes of at least 4 members (excludes halogenated alkanes) is 1. The Bertz CT molecular complexity index is 1040. The molecule has 1 unspecified atom stereocenters. The van der Waals surface area contributed by atoms with E-state index in [1.54, 1.807) is 0 Å². The fourth-order valence-corrected chi connectivity index (χ4v) is 6.00. The highest BCUT2D eigenvalue weighted by molar-refractivity contribution is 5.99. The second-order valence-corrected chi connectivity index (χ2v) is 11.0. The van der Waals surface area contributed by atoms with Gasteiger partial charge in [-0.2, -0.15) is 13.2 Å². The molecule has 40 heavy (non-hydrogen) atoms. The first-order valence-corrected chi connectivity index (χ1v) is 13.9. The van der Waals surface area contributed by atoms with Gasteiger partial charge in [0.2, 0.25) is 0 Å². The molecule has 1 N–H and O–H groups in total. The van der Waals surface area contributed by atoms with Gasteiger partial charge in [-0.25, -0.2) is 9.59 Å². The summed E-state index contributed by atoms with van der Waals surface area (Å²) in [4.78, 5) is 42.9. The van der Waals surface area contributed by atoms with Crippen molar-refractivity contribution < 1.29 is 37.4 Å². The van der Waals surface area contributed by atoms with Crippen molar-refractivity contribution in [2.75, 3.05) is 52.2 Å². The normalized spacial score (nSPS) is 21.6. The number of para-hydroxylation sites is 1. The van der Waals surface area contributed by atoms with E-state index in [2.05, 4.69) is 11.8 Å². The van der Waals surface area contributed by atoms with E-state index in [4.69, 9.17) is 14.6 Å². The standard InChI is InChI=1S/C26H40N4O3.C2HF3O2/c1-5-6-11-23-26(33-25(32)28(23)4)14-18-29(19-15-26)20-12-16-30(17-13-20)24(31)21-9-7-8-10-22(21)27(2)3;3-2(4,5)1(6)7/h7-10,20,23H,5-6,11-19H2,1-4H3;(H,6,7). The molecule has 3 fully saturated rings. The molecule has 0 aromatic heterocycles. The topological polar surface area (TPSA) is 93.6 Å². The van der Waals surface area contributed by atoms with Crippen molar-refractivity contribution in [1.29, 1.82) is 0 Å². The minimum atomic E-state index is -5.08. The molecule has 3 saturated heterocycles. The van der Waals surface area contributed by atoms with Crippen LogP contribution in [0.15, 0.2) is 24.3 Å². The zero-order valence-corrected chi connectivity index (χ0v) is 23.7. The molecular formula is C28H41F3N4O5. The largest absolute Gasteiger partial charge is 0.490 e. The molecule has 3 heterocycles. The number of likely N-dealkylation sites (tertiary alicyclic amines) is 2. The highest BCUT2D eigenvalue weighted by atomic mass is 19.4. The smallest absolute Gasteiger partial charge is 0.475 e. The van der Waals surface area contributed by atoms with Crippen LogP contribution in [0.2, 0.25) is 0 Å². The molecule has 3 aliphatic heterocycles. The van der Waals surface area contributed by atoms with Crippen LogP contribution in [0.25, 0.3) is 0 Å². The average Bonchev–Trinajstić information content (AvgIpc) is 3.15. The van der Waals surface area contributed by atoms with Gasteiger partial charge in [-0.3, -0.25) is 9.69 Å². The Hall–Kier alpha value is -3.02. The van der Waals surface area contributed by atoms with Crippen LogP contribution < -0.4 is 4.90 Å². The summed E-state index contributed by atoms with van der Waals surface area (Å²) in [5.41, 5.74) is 1.44. The Balaban J connectivity index is 0.000000559. The molecule has 0 radical (unpaired) electrons. The number of alkyl halides is 3. The molecule has 2 amide bonds. The SMILES string of the molecule is CCCCC1N(C)C(=O)OC12CCN(C1CCN(C(=O)c3ccccc3N(C)C)CC1)CC2.O=C(O)C(F)(F)F. The number of anilines is 1. The fraction of sp³-hybridized carbons (Fsp3) is 0.679. The van der Waals surface area contributed by atoms with Crippen molar-refractivity contribution in [2.45, 2.75) is 75.7 Å². The third-order valence-electron chi connectivity index (χ3n) is 8.26. The summed E-state index contributed by atoms with van der Waals surface area (Å²) in [7, 11) is 5.85. The number of piperidine rings is 2. The fourth-order valence-electron chi connectivity index (χ4n) is 6.00. The van der Waals surface area contributed by atoms with Gasteiger partial charge >= 0.3 is 18.2 Å². The van der Waals surface area contributed by atoms with Gasteiger partial charge in [0.05, 0.1) is 11.6 Å². The van der Waals surface area contributed by atoms with Gasteiger partial charge in [0, 0.05) is 71.9 Å². The van der Waals surface area contributed by atoms with E-state index < -0.39 is 12.1 Å². The van der Waals surface area contributed by atoms with Gasteiger partial charge in [-0.15, -0.1) is 0 Å². The zero-order valence-electron chi connectivity index (χ0n) is 23.7. The maximum atomic E-state index is 13.2. The van der Waals surface area contributed by atoms with Gasteiger partial charge in [0.1, 0.15) is 5.60 Å². The zero-order chi connectivity index (χ0) is 29.7. The van der Waals surface area contributed by atoms with E-state index in [0.29, 0.717) is 6.04 Å². The van der Waals surface area contributed by atoms with E-state index in [9.17, 15) is 22.8 Å². The van der Waals surface area contributed by atoms with E-state index in [-0.39, 0.29) is 23.6 Å². The lowest BCUT2D eigenvalue weighted by Crippen LogP contribution is -2.55. The number of halogens is 3. The average molecular weight is 571 g/mol. The summed E-state index contributed by atoms with van der Waals surface area (Å²) in [6.07, 6.45) is 1.86. The first kappa shape index (κ1) is 31.5. The number of rotatable bonds is 6. The van der Waals surface area contributed by atoms with Crippen LogP contribution in [-0.4, -0.2) is 109 Å². The predicted octanol–water partition coefficient (Wildman–Crippen LogP) is 4.47. The van der Waals surface area contributed by atoms with E-state index in [1.807, 2.05) is 60.1 Å². The number of amides is 2. The Labute approximate surface area is 233 Å². The molecule has 0 saturated carbocycles. The summed E-state index contributed by atoms with van der Waals surface area (Å²) >= 11 is 0. The minimum Gasteiger partial charge on any atom is -0.475 e. The number of hydrogen-bond donors (Lipinski definition) is 1. The first-order valence-electron chi connectivity index (χ1n) is 13.9. The van der Waals surface area contributed by atoms with Gasteiger partial charge in [0.15, 0.2) is 0 Å². The Morgan fingerprint density at radius 2 is 1.68 bits per heavy atom. The van der Waals surface area contributed by atoms with Crippen molar-refractivity contribution in [2.24, 2.45) is 0 Å². The minimum absolute atomic E-state index is 0.134. The summed E-state index contributed by atoms with van der Waals surface area (Å²) in [6, 6.07) is 8.56. The Morgan fingerprint density at radius 3 is 2.20 bits per heavy atom. The van der Waals surface area contributed by atoms with Crippen LogP contribution in [0.5, 0.6) is 0 Å². The third-order valence-corrected chi connectivity index (χ3v) is 8.26. The Morgan fingerprint density at radius 1 is 1.10 bits per heavy atom. The Kier molecular flexibility index (Phi) is 10.3. The van der Waals surface area contributed by atoms with Crippen molar-refractivity contribution in [3.05, 3.63) is 29.8 Å². The van der Waals surface area contributed by atoms with Crippen LogP contribution in [0.1, 0.15) is 62.2 Å². The lowest BCUT2D eigenvalue weighted by molar-refractivity contribution is -0.192. The van der Waals surface area contributed by atoms with Gasteiger partial charge in [-0.05, 0) is 31.4 Å². The first-order chi connectivity index (χ1) is 18.8. The third kappa shape index (κ3) is 7.18. The molecule has 1 spiro atoms. The second-order valence-electron chi connectivity index (χ2n) is 11.0. The molecule has 224 valence electrons. The molecule has 1 aromatic rings. The van der Waals surface area contributed by atoms with Crippen molar-refractivity contribution >= 4 is 23.7 Å². The lowest BCUT2D eigenvalue weighted by Gasteiger charge is -2.46. The van der Waals surface area contributed by atoms with Crippen LogP contribution in [0, 0.1) is 0 Å². The number of aliphatic carboxylic acids is 1. The summed E-state index contributed by atoms with van der Waals surface area (Å²) in [6.45, 7) is 5.72. The van der Waals surface area contributed by atoms with Crippen LogP contribution in [0.3, 0.4) is 0 Å². The van der Waals surface area contributed by atoms with E-state index in [1.165, 1.54) is 0 Å². The van der Waals surface area contributed by atoms with Crippen molar-refractivity contribution in [1.82, 2.24) is 14.7 Å². The molecule has 3 aliphatic rings. The predicted molar refractivity (Wildman–Crippen MR) is 144 cm³/mol. The number of carbonyl (C=O) groups is 3. The maximum Gasteiger partial charge on any atom is 0.490 e. The van der Waals surface area contributed by atoms with Gasteiger partial charge < -0.3 is 24.5 Å².